The molecule has 1 aromatic rings. The van der Waals surface area contributed by atoms with Gasteiger partial charge in [0.2, 0.25) is 0 Å². The first-order chi connectivity index (χ1) is 11.2. The van der Waals surface area contributed by atoms with Gasteiger partial charge in [-0.3, -0.25) is 0 Å². The van der Waals surface area contributed by atoms with Gasteiger partial charge in [-0.1, -0.05) is 12.1 Å². The van der Waals surface area contributed by atoms with E-state index >= 15 is 0 Å². The Morgan fingerprint density at radius 3 is 2.22 bits per heavy atom. The summed E-state index contributed by atoms with van der Waals surface area (Å²) in [6.07, 6.45) is 6.69. The van der Waals surface area contributed by atoms with E-state index in [1.54, 1.807) is 12.1 Å². The first kappa shape index (κ1) is 14.6. The molecule has 0 aromatic heterocycles. The highest BCUT2D eigenvalue weighted by atomic mass is 16.2. The third kappa shape index (κ3) is 2.93. The number of hydrogen-bond donors (Lipinski definition) is 2. The molecule has 5 rings (SSSR count). The van der Waals surface area contributed by atoms with Gasteiger partial charge in [0.05, 0.1) is 11.6 Å². The van der Waals surface area contributed by atoms with Gasteiger partial charge in [0, 0.05) is 12.6 Å². The lowest BCUT2D eigenvalue weighted by Gasteiger charge is -2.54. The Bertz CT molecular complexity index is 603. The Hall–Kier alpha value is -2.02. The molecule has 4 aliphatic carbocycles. The summed E-state index contributed by atoms with van der Waals surface area (Å²) in [5, 5.41) is 15.0. The standard InChI is InChI=1S/C19H23N3O/c20-10-12-1-3-13(4-2-12)11-21-19(23)22-18-16-6-14-5-15(8-16)9-17(18)7-14/h1-4,14-18H,5-9,11H2,(H2,21,22,23). The molecular weight excluding hydrogens is 286 g/mol. The van der Waals surface area contributed by atoms with E-state index in [1.807, 2.05) is 12.1 Å². The van der Waals surface area contributed by atoms with Crippen molar-refractivity contribution < 1.29 is 4.79 Å². The minimum Gasteiger partial charge on any atom is -0.335 e. The maximum atomic E-state index is 12.3. The lowest BCUT2D eigenvalue weighted by Crippen LogP contribution is -2.57. The molecule has 4 nitrogen and oxygen atoms in total. The lowest BCUT2D eigenvalue weighted by atomic mass is 9.54. The van der Waals surface area contributed by atoms with Crippen LogP contribution in [-0.2, 0) is 6.54 Å². The number of urea groups is 1. The van der Waals surface area contributed by atoms with Crippen LogP contribution in [0.1, 0.15) is 43.2 Å². The number of amides is 2. The van der Waals surface area contributed by atoms with E-state index in [-0.39, 0.29) is 6.03 Å². The van der Waals surface area contributed by atoms with Gasteiger partial charge < -0.3 is 10.6 Å². The van der Waals surface area contributed by atoms with Crippen LogP contribution in [0.15, 0.2) is 24.3 Å². The van der Waals surface area contributed by atoms with E-state index < -0.39 is 0 Å². The molecule has 0 unspecified atom stereocenters. The maximum absolute atomic E-state index is 12.3. The zero-order chi connectivity index (χ0) is 15.8. The lowest BCUT2D eigenvalue weighted by molar-refractivity contribution is -0.00942. The Morgan fingerprint density at radius 2 is 1.65 bits per heavy atom. The van der Waals surface area contributed by atoms with Crippen LogP contribution in [0.2, 0.25) is 0 Å². The van der Waals surface area contributed by atoms with E-state index in [0.717, 1.165) is 17.4 Å². The highest BCUT2D eigenvalue weighted by Gasteiger charge is 2.48. The van der Waals surface area contributed by atoms with E-state index in [1.165, 1.54) is 32.1 Å². The average Bonchev–Trinajstić information content (AvgIpc) is 2.56. The number of nitrogens with one attached hydrogen (secondary N) is 2. The molecule has 2 N–H and O–H groups in total. The van der Waals surface area contributed by atoms with Crippen molar-refractivity contribution in [3.8, 4) is 6.07 Å². The highest BCUT2D eigenvalue weighted by molar-refractivity contribution is 5.74. The Labute approximate surface area is 137 Å². The third-order valence-corrected chi connectivity index (χ3v) is 6.06. The fourth-order valence-electron chi connectivity index (χ4n) is 5.24. The van der Waals surface area contributed by atoms with E-state index in [0.29, 0.717) is 30.0 Å². The fourth-order valence-corrected chi connectivity index (χ4v) is 5.24. The number of carbonyl (C=O) groups is 1. The highest BCUT2D eigenvalue weighted by Crippen LogP contribution is 2.53. The van der Waals surface area contributed by atoms with Crippen LogP contribution in [0.3, 0.4) is 0 Å². The van der Waals surface area contributed by atoms with Gasteiger partial charge >= 0.3 is 6.03 Å². The Morgan fingerprint density at radius 1 is 1.04 bits per heavy atom. The Kier molecular flexibility index (Phi) is 3.72. The molecule has 4 fully saturated rings. The molecule has 0 saturated heterocycles. The minimum absolute atomic E-state index is 0.0492. The summed E-state index contributed by atoms with van der Waals surface area (Å²) >= 11 is 0. The summed E-state index contributed by atoms with van der Waals surface area (Å²) in [6, 6.07) is 9.78. The van der Waals surface area contributed by atoms with Crippen molar-refractivity contribution in [3.05, 3.63) is 35.4 Å². The van der Waals surface area contributed by atoms with Crippen LogP contribution >= 0.6 is 0 Å². The summed E-state index contributed by atoms with van der Waals surface area (Å²) in [7, 11) is 0. The number of hydrogen-bond acceptors (Lipinski definition) is 2. The van der Waals surface area contributed by atoms with Crippen LogP contribution in [0.25, 0.3) is 0 Å². The van der Waals surface area contributed by atoms with Crippen LogP contribution in [0.5, 0.6) is 0 Å². The zero-order valence-electron chi connectivity index (χ0n) is 13.3. The van der Waals surface area contributed by atoms with Crippen molar-refractivity contribution in [2.75, 3.05) is 0 Å². The predicted octanol–water partition coefficient (Wildman–Crippen LogP) is 3.18. The van der Waals surface area contributed by atoms with Crippen molar-refractivity contribution in [2.24, 2.45) is 23.7 Å². The second-order valence-corrected chi connectivity index (χ2v) is 7.59. The van der Waals surface area contributed by atoms with E-state index in [4.69, 9.17) is 5.26 Å². The Balaban J connectivity index is 1.31. The van der Waals surface area contributed by atoms with Crippen molar-refractivity contribution in [2.45, 2.75) is 44.7 Å². The van der Waals surface area contributed by atoms with E-state index in [2.05, 4.69) is 16.7 Å². The smallest absolute Gasteiger partial charge is 0.315 e. The van der Waals surface area contributed by atoms with Crippen molar-refractivity contribution in [1.82, 2.24) is 10.6 Å². The van der Waals surface area contributed by atoms with Gasteiger partial charge in [0.15, 0.2) is 0 Å². The van der Waals surface area contributed by atoms with Gasteiger partial charge in [-0.25, -0.2) is 4.79 Å². The van der Waals surface area contributed by atoms with Gasteiger partial charge in [-0.15, -0.1) is 0 Å². The topological polar surface area (TPSA) is 64.9 Å². The molecule has 4 heteroatoms. The fraction of sp³-hybridized carbons (Fsp3) is 0.579. The number of benzene rings is 1. The number of rotatable bonds is 3. The minimum atomic E-state index is -0.0492. The van der Waals surface area contributed by atoms with Gasteiger partial charge in [0.1, 0.15) is 0 Å². The quantitative estimate of drug-likeness (QED) is 0.900. The number of carbonyl (C=O) groups excluding carboxylic acids is 1. The molecule has 4 saturated carbocycles. The molecule has 0 spiro atoms. The first-order valence-electron chi connectivity index (χ1n) is 8.74. The summed E-state index contributed by atoms with van der Waals surface area (Å²) in [5.41, 5.74) is 1.66. The molecule has 0 heterocycles. The molecule has 0 atom stereocenters. The van der Waals surface area contributed by atoms with Crippen LogP contribution < -0.4 is 10.6 Å². The second kappa shape index (κ2) is 5.88. The molecule has 120 valence electrons. The van der Waals surface area contributed by atoms with E-state index in [9.17, 15) is 4.79 Å². The molecule has 23 heavy (non-hydrogen) atoms. The normalized spacial score (nSPS) is 34.0. The average molecular weight is 309 g/mol. The van der Waals surface area contributed by atoms with Crippen molar-refractivity contribution in [3.63, 3.8) is 0 Å². The molecular formula is C19H23N3O. The third-order valence-electron chi connectivity index (χ3n) is 6.06. The molecule has 1 aromatic carbocycles. The van der Waals surface area contributed by atoms with Gasteiger partial charge in [-0.05, 0) is 73.5 Å². The predicted molar refractivity (Wildman–Crippen MR) is 87.4 cm³/mol. The van der Waals surface area contributed by atoms with Gasteiger partial charge in [0.25, 0.3) is 0 Å². The first-order valence-corrected chi connectivity index (χ1v) is 8.74. The monoisotopic (exact) mass is 309 g/mol. The van der Waals surface area contributed by atoms with Crippen LogP contribution in [0, 0.1) is 35.0 Å². The SMILES string of the molecule is N#Cc1ccc(CNC(=O)NC2C3CC4CC(C3)CC2C4)cc1. The number of nitriles is 1. The summed E-state index contributed by atoms with van der Waals surface area (Å²) in [6.45, 7) is 0.505. The second-order valence-electron chi connectivity index (χ2n) is 7.59. The largest absolute Gasteiger partial charge is 0.335 e. The summed E-state index contributed by atoms with van der Waals surface area (Å²) in [5.74, 6) is 3.26. The molecule has 4 bridgehead atoms. The number of nitrogens with zero attached hydrogens (tertiary/aromatic N) is 1. The summed E-state index contributed by atoms with van der Waals surface area (Å²) in [4.78, 5) is 12.3. The molecule has 0 aliphatic heterocycles. The maximum Gasteiger partial charge on any atom is 0.315 e. The summed E-state index contributed by atoms with van der Waals surface area (Å²) < 4.78 is 0. The van der Waals surface area contributed by atoms with Crippen molar-refractivity contribution in [1.29, 1.82) is 5.26 Å². The molecule has 2 amide bonds. The molecule has 4 aliphatic rings. The van der Waals surface area contributed by atoms with Crippen LogP contribution in [0.4, 0.5) is 4.79 Å². The van der Waals surface area contributed by atoms with Crippen molar-refractivity contribution >= 4 is 6.03 Å². The van der Waals surface area contributed by atoms with Crippen LogP contribution in [-0.4, -0.2) is 12.1 Å². The van der Waals surface area contributed by atoms with Gasteiger partial charge in [-0.2, -0.15) is 5.26 Å². The zero-order valence-corrected chi connectivity index (χ0v) is 13.3. The molecule has 0 radical (unpaired) electrons.